The first-order valence-electron chi connectivity index (χ1n) is 19.2. The van der Waals surface area contributed by atoms with Crippen LogP contribution in [0.5, 0.6) is 0 Å². The Bertz CT molecular complexity index is 701. The van der Waals surface area contributed by atoms with E-state index in [1.807, 2.05) is 0 Å². The maximum Gasteiger partial charge on any atom is 0.306 e. The second-order valence-corrected chi connectivity index (χ2v) is 15.1. The molecule has 1 aliphatic rings. The first-order valence-corrected chi connectivity index (χ1v) is 19.2. The minimum Gasteiger partial charge on any atom is -0.464 e. The van der Waals surface area contributed by atoms with Gasteiger partial charge in [-0.2, -0.15) is 0 Å². The van der Waals surface area contributed by atoms with Gasteiger partial charge < -0.3 is 9.47 Å². The van der Waals surface area contributed by atoms with Gasteiger partial charge in [-0.05, 0) is 40.5 Å². The molecule has 5 nitrogen and oxygen atoms in total. The standard InChI is InChI=1S/C39H75NO4/c1-7-9-11-13-15-17-19-21-23-25-27-29-36(41)43-32-31-40-38(3,4)33-35(34-39(40,5)6)44-37(42)30-28-26-24-22-20-18-16-14-12-10-8-2/h35H,7-34H2,1-6H3. The third kappa shape index (κ3) is 20.1. The average molecular weight is 622 g/mol. The van der Waals surface area contributed by atoms with E-state index in [1.54, 1.807) is 0 Å². The number of likely N-dealkylation sites (tertiary alicyclic amines) is 1. The Morgan fingerprint density at radius 2 is 0.886 bits per heavy atom. The highest BCUT2D eigenvalue weighted by Gasteiger charge is 2.46. The van der Waals surface area contributed by atoms with Crippen LogP contribution in [0.2, 0.25) is 0 Å². The monoisotopic (exact) mass is 622 g/mol. The van der Waals surface area contributed by atoms with Crippen molar-refractivity contribution in [2.45, 2.75) is 226 Å². The number of nitrogens with zero attached hydrogens (tertiary/aromatic N) is 1. The average Bonchev–Trinajstić information content (AvgIpc) is 2.95. The predicted molar refractivity (Wildman–Crippen MR) is 187 cm³/mol. The molecular formula is C39H75NO4. The normalized spacial score (nSPS) is 16.7. The second-order valence-electron chi connectivity index (χ2n) is 15.1. The summed E-state index contributed by atoms with van der Waals surface area (Å²) in [6.07, 6.45) is 30.9. The SMILES string of the molecule is CCCCCCCCCCCCCC(=O)OCCN1C(C)(C)CC(OC(=O)CCCCCCCCCCCCC)CC1(C)C. The fourth-order valence-electron chi connectivity index (χ4n) is 7.35. The van der Waals surface area contributed by atoms with E-state index < -0.39 is 0 Å². The quantitative estimate of drug-likeness (QED) is 0.0642. The number of hydrogen-bond donors (Lipinski definition) is 0. The van der Waals surface area contributed by atoms with E-state index in [1.165, 1.54) is 116 Å². The van der Waals surface area contributed by atoms with Gasteiger partial charge in [0.2, 0.25) is 0 Å². The molecule has 0 unspecified atom stereocenters. The van der Waals surface area contributed by atoms with Crippen LogP contribution in [0, 0.1) is 0 Å². The summed E-state index contributed by atoms with van der Waals surface area (Å²) in [4.78, 5) is 27.5. The van der Waals surface area contributed by atoms with Crippen LogP contribution < -0.4 is 0 Å². The highest BCUT2D eigenvalue weighted by atomic mass is 16.5. The molecule has 1 saturated heterocycles. The number of carbonyl (C=O) groups is 2. The molecule has 44 heavy (non-hydrogen) atoms. The zero-order valence-corrected chi connectivity index (χ0v) is 30.5. The van der Waals surface area contributed by atoms with Crippen molar-refractivity contribution in [3.05, 3.63) is 0 Å². The van der Waals surface area contributed by atoms with Crippen molar-refractivity contribution in [2.24, 2.45) is 0 Å². The first kappa shape index (κ1) is 40.9. The second kappa shape index (κ2) is 25.0. The van der Waals surface area contributed by atoms with E-state index in [0.717, 1.165) is 38.5 Å². The molecule has 0 aromatic heterocycles. The maximum atomic E-state index is 12.6. The largest absolute Gasteiger partial charge is 0.464 e. The van der Waals surface area contributed by atoms with Crippen LogP contribution in [-0.2, 0) is 19.1 Å². The van der Waals surface area contributed by atoms with Gasteiger partial charge in [0, 0.05) is 43.3 Å². The van der Waals surface area contributed by atoms with Crippen molar-refractivity contribution in [3.8, 4) is 0 Å². The molecule has 0 amide bonds. The highest BCUT2D eigenvalue weighted by Crippen LogP contribution is 2.39. The van der Waals surface area contributed by atoms with Crippen LogP contribution in [0.1, 0.15) is 208 Å². The minimum absolute atomic E-state index is 0.0395. The Morgan fingerprint density at radius 3 is 1.27 bits per heavy atom. The van der Waals surface area contributed by atoms with Gasteiger partial charge in [-0.15, -0.1) is 0 Å². The van der Waals surface area contributed by atoms with E-state index in [-0.39, 0.29) is 29.1 Å². The molecule has 0 radical (unpaired) electrons. The first-order chi connectivity index (χ1) is 21.1. The molecule has 0 aromatic carbocycles. The molecule has 0 saturated carbocycles. The van der Waals surface area contributed by atoms with Gasteiger partial charge in [0.05, 0.1) is 0 Å². The predicted octanol–water partition coefficient (Wildman–Crippen LogP) is 11.5. The lowest BCUT2D eigenvalue weighted by Gasteiger charge is -2.54. The van der Waals surface area contributed by atoms with Crippen molar-refractivity contribution >= 4 is 11.9 Å². The Balaban J connectivity index is 2.17. The molecule has 1 aliphatic heterocycles. The fourth-order valence-corrected chi connectivity index (χ4v) is 7.35. The number of carbonyl (C=O) groups excluding carboxylic acids is 2. The Hall–Kier alpha value is -1.10. The minimum atomic E-state index is -0.133. The van der Waals surface area contributed by atoms with E-state index >= 15 is 0 Å². The molecule has 0 atom stereocenters. The Morgan fingerprint density at radius 1 is 0.545 bits per heavy atom. The molecular weight excluding hydrogens is 546 g/mol. The molecule has 5 heteroatoms. The van der Waals surface area contributed by atoms with Crippen molar-refractivity contribution in [1.82, 2.24) is 4.90 Å². The number of piperidine rings is 1. The van der Waals surface area contributed by atoms with Gasteiger partial charge in [-0.25, -0.2) is 0 Å². The molecule has 0 bridgehead atoms. The molecule has 0 N–H and O–H groups in total. The molecule has 1 fully saturated rings. The molecule has 1 heterocycles. The Labute approximate surface area is 274 Å². The summed E-state index contributed by atoms with van der Waals surface area (Å²) in [6, 6.07) is 0. The summed E-state index contributed by atoms with van der Waals surface area (Å²) in [6.45, 7) is 14.6. The van der Waals surface area contributed by atoms with Gasteiger partial charge in [-0.3, -0.25) is 14.5 Å². The van der Waals surface area contributed by atoms with Crippen LogP contribution in [0.15, 0.2) is 0 Å². The lowest BCUT2D eigenvalue weighted by atomic mass is 9.78. The van der Waals surface area contributed by atoms with E-state index in [4.69, 9.17) is 9.47 Å². The summed E-state index contributed by atoms with van der Waals surface area (Å²) < 4.78 is 11.7. The highest BCUT2D eigenvalue weighted by molar-refractivity contribution is 5.69. The zero-order chi connectivity index (χ0) is 32.5. The van der Waals surface area contributed by atoms with Crippen LogP contribution in [-0.4, -0.2) is 47.2 Å². The van der Waals surface area contributed by atoms with Crippen molar-refractivity contribution in [1.29, 1.82) is 0 Å². The van der Waals surface area contributed by atoms with Crippen LogP contribution in [0.25, 0.3) is 0 Å². The molecule has 0 spiro atoms. The maximum absolute atomic E-state index is 12.6. The molecule has 0 aromatic rings. The summed E-state index contributed by atoms with van der Waals surface area (Å²) >= 11 is 0. The van der Waals surface area contributed by atoms with Crippen LogP contribution >= 0.6 is 0 Å². The summed E-state index contributed by atoms with van der Waals surface area (Å²) in [5.74, 6) is -0.106. The van der Waals surface area contributed by atoms with Crippen molar-refractivity contribution < 1.29 is 19.1 Å². The van der Waals surface area contributed by atoms with E-state index in [9.17, 15) is 9.59 Å². The smallest absolute Gasteiger partial charge is 0.306 e. The lowest BCUT2D eigenvalue weighted by Crippen LogP contribution is -2.63. The van der Waals surface area contributed by atoms with Crippen molar-refractivity contribution in [3.63, 3.8) is 0 Å². The topological polar surface area (TPSA) is 55.8 Å². The third-order valence-electron chi connectivity index (χ3n) is 9.76. The number of esters is 2. The van der Waals surface area contributed by atoms with Gasteiger partial charge in [0.1, 0.15) is 12.7 Å². The molecule has 0 aliphatic carbocycles. The number of unbranched alkanes of at least 4 members (excludes halogenated alkanes) is 20. The fraction of sp³-hybridized carbons (Fsp3) is 0.949. The van der Waals surface area contributed by atoms with Crippen molar-refractivity contribution in [2.75, 3.05) is 13.2 Å². The van der Waals surface area contributed by atoms with Crippen LogP contribution in [0.4, 0.5) is 0 Å². The number of ether oxygens (including phenoxy) is 2. The lowest BCUT2D eigenvalue weighted by molar-refractivity contribution is -0.163. The van der Waals surface area contributed by atoms with Gasteiger partial charge in [0.15, 0.2) is 0 Å². The van der Waals surface area contributed by atoms with E-state index in [2.05, 4.69) is 46.4 Å². The summed E-state index contributed by atoms with van der Waals surface area (Å²) in [7, 11) is 0. The third-order valence-corrected chi connectivity index (χ3v) is 9.76. The van der Waals surface area contributed by atoms with Crippen LogP contribution in [0.3, 0.4) is 0 Å². The Kier molecular flexibility index (Phi) is 23.3. The van der Waals surface area contributed by atoms with Gasteiger partial charge in [0.25, 0.3) is 0 Å². The molecule has 1 rings (SSSR count). The van der Waals surface area contributed by atoms with E-state index in [0.29, 0.717) is 26.0 Å². The van der Waals surface area contributed by atoms with Gasteiger partial charge in [-0.1, -0.05) is 142 Å². The molecule has 260 valence electrons. The van der Waals surface area contributed by atoms with Gasteiger partial charge >= 0.3 is 11.9 Å². The zero-order valence-electron chi connectivity index (χ0n) is 30.5. The number of hydrogen-bond acceptors (Lipinski definition) is 5. The number of rotatable bonds is 28. The summed E-state index contributed by atoms with van der Waals surface area (Å²) in [5, 5.41) is 0. The summed E-state index contributed by atoms with van der Waals surface area (Å²) in [5.41, 5.74) is -0.267.